The van der Waals surface area contributed by atoms with E-state index in [-0.39, 0.29) is 6.54 Å². The van der Waals surface area contributed by atoms with Crippen molar-refractivity contribution in [1.82, 2.24) is 0 Å². The molecule has 0 atom stereocenters. The minimum absolute atomic E-state index is 0.286. The first-order valence-electron chi connectivity index (χ1n) is 4.39. The van der Waals surface area contributed by atoms with E-state index in [1.54, 1.807) is 6.21 Å². The van der Waals surface area contributed by atoms with Crippen LogP contribution in [0.1, 0.15) is 12.0 Å². The molecule has 13 heavy (non-hydrogen) atoms. The zero-order chi connectivity index (χ0) is 9.36. The SMILES string of the molecule is O=CCN=CCCc1ccccc1. The number of carbonyl (C=O) groups excluding carboxylic acids is 1. The molecule has 68 valence electrons. The zero-order valence-electron chi connectivity index (χ0n) is 7.52. The molecule has 0 fully saturated rings. The summed E-state index contributed by atoms with van der Waals surface area (Å²) in [5.41, 5.74) is 1.31. The topological polar surface area (TPSA) is 29.4 Å². The van der Waals surface area contributed by atoms with Gasteiger partial charge in [0, 0.05) is 0 Å². The molecule has 1 aromatic carbocycles. The van der Waals surface area contributed by atoms with Gasteiger partial charge in [-0.15, -0.1) is 0 Å². The van der Waals surface area contributed by atoms with Gasteiger partial charge in [-0.3, -0.25) is 4.99 Å². The summed E-state index contributed by atoms with van der Waals surface area (Å²) in [5.74, 6) is 0. The summed E-state index contributed by atoms with van der Waals surface area (Å²) in [4.78, 5) is 13.8. The number of aldehydes is 1. The summed E-state index contributed by atoms with van der Waals surface area (Å²) in [6, 6.07) is 10.2. The molecule has 2 nitrogen and oxygen atoms in total. The molecule has 0 bridgehead atoms. The van der Waals surface area contributed by atoms with E-state index >= 15 is 0 Å². The van der Waals surface area contributed by atoms with Crippen molar-refractivity contribution in [2.75, 3.05) is 6.54 Å². The van der Waals surface area contributed by atoms with Crippen LogP contribution in [0.4, 0.5) is 0 Å². The van der Waals surface area contributed by atoms with E-state index in [0.717, 1.165) is 19.1 Å². The van der Waals surface area contributed by atoms with Crippen molar-refractivity contribution < 1.29 is 4.79 Å². The summed E-state index contributed by atoms with van der Waals surface area (Å²) < 4.78 is 0. The van der Waals surface area contributed by atoms with Crippen LogP contribution in [-0.4, -0.2) is 19.0 Å². The second kappa shape index (κ2) is 6.12. The second-order valence-corrected chi connectivity index (χ2v) is 2.74. The van der Waals surface area contributed by atoms with Crippen LogP contribution in [0, 0.1) is 0 Å². The fourth-order valence-electron chi connectivity index (χ4n) is 1.08. The minimum Gasteiger partial charge on any atom is -0.301 e. The Balaban J connectivity index is 2.24. The first-order chi connectivity index (χ1) is 6.43. The van der Waals surface area contributed by atoms with Crippen molar-refractivity contribution in [2.24, 2.45) is 4.99 Å². The van der Waals surface area contributed by atoms with E-state index < -0.39 is 0 Å². The van der Waals surface area contributed by atoms with E-state index in [9.17, 15) is 4.79 Å². The molecule has 0 saturated carbocycles. The normalized spacial score (nSPS) is 10.5. The van der Waals surface area contributed by atoms with Crippen molar-refractivity contribution >= 4 is 12.5 Å². The monoisotopic (exact) mass is 175 g/mol. The van der Waals surface area contributed by atoms with Gasteiger partial charge in [0.05, 0.1) is 6.54 Å². The van der Waals surface area contributed by atoms with Gasteiger partial charge in [0.1, 0.15) is 6.29 Å². The molecule has 0 unspecified atom stereocenters. The molecule has 0 saturated heterocycles. The van der Waals surface area contributed by atoms with Gasteiger partial charge in [0.25, 0.3) is 0 Å². The molecule has 1 rings (SSSR count). The van der Waals surface area contributed by atoms with Crippen LogP contribution in [0.25, 0.3) is 0 Å². The third kappa shape index (κ3) is 4.21. The number of nitrogens with zero attached hydrogens (tertiary/aromatic N) is 1. The maximum atomic E-state index is 9.92. The first-order valence-corrected chi connectivity index (χ1v) is 4.39. The highest BCUT2D eigenvalue weighted by Crippen LogP contribution is 2.00. The molecule has 0 spiro atoms. The third-order valence-corrected chi connectivity index (χ3v) is 1.71. The predicted octanol–water partition coefficient (Wildman–Crippen LogP) is 1.89. The molecule has 2 heteroatoms. The lowest BCUT2D eigenvalue weighted by molar-refractivity contribution is -0.106. The highest BCUT2D eigenvalue weighted by atomic mass is 16.1. The molecule has 0 aliphatic heterocycles. The van der Waals surface area contributed by atoms with E-state index in [4.69, 9.17) is 0 Å². The Bertz CT molecular complexity index is 267. The van der Waals surface area contributed by atoms with Crippen molar-refractivity contribution in [1.29, 1.82) is 0 Å². The Labute approximate surface area is 78.3 Å². The number of aliphatic imine (C=N–C) groups is 1. The molecular weight excluding hydrogens is 162 g/mol. The van der Waals surface area contributed by atoms with Gasteiger partial charge < -0.3 is 4.79 Å². The highest BCUT2D eigenvalue weighted by Gasteiger charge is 1.87. The smallest absolute Gasteiger partial charge is 0.141 e. The van der Waals surface area contributed by atoms with Gasteiger partial charge in [-0.05, 0) is 24.6 Å². The second-order valence-electron chi connectivity index (χ2n) is 2.74. The number of carbonyl (C=O) groups is 1. The van der Waals surface area contributed by atoms with Crippen LogP contribution in [0.15, 0.2) is 35.3 Å². The van der Waals surface area contributed by atoms with Crippen LogP contribution in [-0.2, 0) is 11.2 Å². The van der Waals surface area contributed by atoms with E-state index in [1.165, 1.54) is 5.56 Å². The molecule has 0 radical (unpaired) electrons. The number of benzene rings is 1. The van der Waals surface area contributed by atoms with Crippen LogP contribution in [0.2, 0.25) is 0 Å². The lowest BCUT2D eigenvalue weighted by Gasteiger charge is -1.95. The fourth-order valence-corrected chi connectivity index (χ4v) is 1.08. The highest BCUT2D eigenvalue weighted by molar-refractivity contribution is 5.62. The summed E-state index contributed by atoms with van der Waals surface area (Å²) in [7, 11) is 0. The number of rotatable bonds is 5. The molecular formula is C11H13NO. The molecule has 0 aromatic heterocycles. The lowest BCUT2D eigenvalue weighted by atomic mass is 10.1. The average molecular weight is 175 g/mol. The van der Waals surface area contributed by atoms with Gasteiger partial charge in [-0.1, -0.05) is 30.3 Å². The van der Waals surface area contributed by atoms with Gasteiger partial charge in [0.2, 0.25) is 0 Å². The van der Waals surface area contributed by atoms with Gasteiger partial charge >= 0.3 is 0 Å². The molecule has 0 heterocycles. The summed E-state index contributed by atoms with van der Waals surface area (Å²) in [6.45, 7) is 0.286. The first kappa shape index (κ1) is 9.65. The van der Waals surface area contributed by atoms with Gasteiger partial charge in [-0.25, -0.2) is 0 Å². The average Bonchev–Trinajstić information content (AvgIpc) is 2.19. The summed E-state index contributed by atoms with van der Waals surface area (Å²) in [6.07, 6.45) is 4.50. The number of hydrogen-bond acceptors (Lipinski definition) is 2. The number of hydrogen-bond donors (Lipinski definition) is 0. The van der Waals surface area contributed by atoms with Crippen LogP contribution >= 0.6 is 0 Å². The Kier molecular flexibility index (Phi) is 4.54. The molecule has 0 aliphatic rings. The van der Waals surface area contributed by atoms with Crippen LogP contribution in [0.5, 0.6) is 0 Å². The van der Waals surface area contributed by atoms with Gasteiger partial charge in [-0.2, -0.15) is 0 Å². The minimum atomic E-state index is 0.286. The molecule has 0 aliphatic carbocycles. The maximum Gasteiger partial charge on any atom is 0.141 e. The summed E-state index contributed by atoms with van der Waals surface area (Å²) >= 11 is 0. The standard InChI is InChI=1S/C11H13NO/c13-10-9-12-8-4-7-11-5-2-1-3-6-11/h1-3,5-6,8,10H,4,7,9H2. The van der Waals surface area contributed by atoms with Crippen molar-refractivity contribution in [2.45, 2.75) is 12.8 Å². The van der Waals surface area contributed by atoms with E-state index in [0.29, 0.717) is 0 Å². The molecule has 0 N–H and O–H groups in total. The van der Waals surface area contributed by atoms with Crippen molar-refractivity contribution in [3.05, 3.63) is 35.9 Å². The van der Waals surface area contributed by atoms with Crippen LogP contribution < -0.4 is 0 Å². The van der Waals surface area contributed by atoms with Crippen LogP contribution in [0.3, 0.4) is 0 Å². The Hall–Kier alpha value is -1.44. The lowest BCUT2D eigenvalue weighted by Crippen LogP contribution is -1.87. The van der Waals surface area contributed by atoms with E-state index in [2.05, 4.69) is 17.1 Å². The maximum absolute atomic E-state index is 9.92. The summed E-state index contributed by atoms with van der Waals surface area (Å²) in [5, 5.41) is 0. The van der Waals surface area contributed by atoms with Gasteiger partial charge in [0.15, 0.2) is 0 Å². The zero-order valence-corrected chi connectivity index (χ0v) is 7.52. The fraction of sp³-hybridized carbons (Fsp3) is 0.273. The largest absolute Gasteiger partial charge is 0.301 e. The third-order valence-electron chi connectivity index (χ3n) is 1.71. The van der Waals surface area contributed by atoms with E-state index in [1.807, 2.05) is 18.2 Å². The Morgan fingerprint density at radius 1 is 1.23 bits per heavy atom. The number of aryl methyl sites for hydroxylation is 1. The predicted molar refractivity (Wildman–Crippen MR) is 54.2 cm³/mol. The van der Waals surface area contributed by atoms with Crippen molar-refractivity contribution in [3.63, 3.8) is 0 Å². The molecule has 0 amide bonds. The van der Waals surface area contributed by atoms with Crippen molar-refractivity contribution in [3.8, 4) is 0 Å². The quantitative estimate of drug-likeness (QED) is 0.496. The Morgan fingerprint density at radius 3 is 2.69 bits per heavy atom. The Morgan fingerprint density at radius 2 is 2.00 bits per heavy atom. The molecule has 1 aromatic rings.